The molecule has 0 atom stereocenters. The Labute approximate surface area is 120 Å². The predicted molar refractivity (Wildman–Crippen MR) is 82.1 cm³/mol. The van der Waals surface area contributed by atoms with Gasteiger partial charge < -0.3 is 5.73 Å². The lowest BCUT2D eigenvalue weighted by Gasteiger charge is -2.02. The van der Waals surface area contributed by atoms with Crippen LogP contribution >= 0.6 is 11.3 Å². The molecule has 20 heavy (non-hydrogen) atoms. The summed E-state index contributed by atoms with van der Waals surface area (Å²) in [7, 11) is 0. The summed E-state index contributed by atoms with van der Waals surface area (Å²) in [4.78, 5) is 4.51. The smallest absolute Gasteiger partial charge is 0.133 e. The first-order valence-electron chi connectivity index (χ1n) is 6.22. The van der Waals surface area contributed by atoms with Gasteiger partial charge in [-0.15, -0.1) is 11.3 Å². The highest BCUT2D eigenvalue weighted by atomic mass is 32.1. The Morgan fingerprint density at radius 3 is 2.70 bits per heavy atom. The van der Waals surface area contributed by atoms with Gasteiger partial charge in [0.25, 0.3) is 0 Å². The van der Waals surface area contributed by atoms with Crippen LogP contribution in [0.25, 0.3) is 21.8 Å². The van der Waals surface area contributed by atoms with Gasteiger partial charge in [0.05, 0.1) is 5.69 Å². The average Bonchev–Trinajstić information content (AvgIpc) is 2.91. The highest BCUT2D eigenvalue weighted by molar-refractivity contribution is 7.13. The summed E-state index contributed by atoms with van der Waals surface area (Å²) in [6.45, 7) is 1.94. The second-order valence-corrected chi connectivity index (χ2v) is 5.47. The van der Waals surface area contributed by atoms with Gasteiger partial charge in [0.15, 0.2) is 0 Å². The summed E-state index contributed by atoms with van der Waals surface area (Å²) >= 11 is 1.42. The SMILES string of the molecule is Cc1ccc(F)c(-c2nc(-c3ccccc3N)cs2)c1. The van der Waals surface area contributed by atoms with Crippen molar-refractivity contribution in [3.8, 4) is 21.8 Å². The van der Waals surface area contributed by atoms with Crippen molar-refractivity contribution in [1.82, 2.24) is 4.98 Å². The highest BCUT2D eigenvalue weighted by Crippen LogP contribution is 2.32. The molecule has 0 unspecified atom stereocenters. The number of aryl methyl sites for hydroxylation is 1. The highest BCUT2D eigenvalue weighted by Gasteiger charge is 2.12. The summed E-state index contributed by atoms with van der Waals surface area (Å²) in [6, 6.07) is 12.6. The molecular formula is C16H13FN2S. The number of nitrogen functional groups attached to an aromatic ring is 1. The van der Waals surface area contributed by atoms with Gasteiger partial charge in [0, 0.05) is 22.2 Å². The van der Waals surface area contributed by atoms with E-state index < -0.39 is 0 Å². The molecular weight excluding hydrogens is 271 g/mol. The molecule has 100 valence electrons. The molecule has 0 aliphatic carbocycles. The lowest BCUT2D eigenvalue weighted by atomic mass is 10.1. The molecule has 4 heteroatoms. The van der Waals surface area contributed by atoms with Gasteiger partial charge in [0.2, 0.25) is 0 Å². The molecule has 0 spiro atoms. The van der Waals surface area contributed by atoms with Crippen molar-refractivity contribution in [3.05, 3.63) is 59.2 Å². The van der Waals surface area contributed by atoms with Crippen LogP contribution in [-0.2, 0) is 0 Å². The van der Waals surface area contributed by atoms with E-state index in [2.05, 4.69) is 4.98 Å². The van der Waals surface area contributed by atoms with E-state index in [1.54, 1.807) is 6.07 Å². The van der Waals surface area contributed by atoms with Crippen molar-refractivity contribution in [2.45, 2.75) is 6.92 Å². The minimum atomic E-state index is -0.252. The minimum Gasteiger partial charge on any atom is -0.398 e. The first-order valence-corrected chi connectivity index (χ1v) is 7.10. The number of aromatic nitrogens is 1. The van der Waals surface area contributed by atoms with Crippen molar-refractivity contribution < 1.29 is 4.39 Å². The molecule has 3 aromatic rings. The molecule has 2 N–H and O–H groups in total. The molecule has 1 heterocycles. The van der Waals surface area contributed by atoms with Gasteiger partial charge in [0.1, 0.15) is 10.8 Å². The topological polar surface area (TPSA) is 38.9 Å². The van der Waals surface area contributed by atoms with E-state index in [0.29, 0.717) is 16.3 Å². The average molecular weight is 284 g/mol. The first-order chi connectivity index (χ1) is 9.65. The number of anilines is 1. The monoisotopic (exact) mass is 284 g/mol. The second-order valence-electron chi connectivity index (χ2n) is 4.61. The van der Waals surface area contributed by atoms with E-state index in [4.69, 9.17) is 5.73 Å². The van der Waals surface area contributed by atoms with E-state index in [1.807, 2.05) is 42.6 Å². The molecule has 1 aromatic heterocycles. The molecule has 0 fully saturated rings. The zero-order chi connectivity index (χ0) is 14.1. The maximum Gasteiger partial charge on any atom is 0.133 e. The Balaban J connectivity index is 2.07. The second kappa shape index (κ2) is 5.06. The van der Waals surface area contributed by atoms with Gasteiger partial charge in [-0.3, -0.25) is 0 Å². The number of nitrogens with zero attached hydrogens (tertiary/aromatic N) is 1. The summed E-state index contributed by atoms with van der Waals surface area (Å²) in [5.41, 5.74) is 9.83. The van der Waals surface area contributed by atoms with Crippen molar-refractivity contribution in [2.24, 2.45) is 0 Å². The van der Waals surface area contributed by atoms with Gasteiger partial charge in [-0.1, -0.05) is 29.8 Å². The van der Waals surface area contributed by atoms with Crippen LogP contribution < -0.4 is 5.73 Å². The van der Waals surface area contributed by atoms with E-state index in [0.717, 1.165) is 16.8 Å². The summed E-state index contributed by atoms with van der Waals surface area (Å²) in [5.74, 6) is -0.252. The van der Waals surface area contributed by atoms with Gasteiger partial charge >= 0.3 is 0 Å². The molecule has 0 saturated carbocycles. The number of halogens is 1. The number of hydrogen-bond acceptors (Lipinski definition) is 3. The molecule has 0 aliphatic heterocycles. The first kappa shape index (κ1) is 12.8. The lowest BCUT2D eigenvalue weighted by Crippen LogP contribution is -1.90. The largest absolute Gasteiger partial charge is 0.398 e. The van der Waals surface area contributed by atoms with Gasteiger partial charge in [-0.2, -0.15) is 0 Å². The lowest BCUT2D eigenvalue weighted by molar-refractivity contribution is 0.631. The predicted octanol–water partition coefficient (Wildman–Crippen LogP) is 4.51. The summed E-state index contributed by atoms with van der Waals surface area (Å²) in [6.07, 6.45) is 0. The van der Waals surface area contributed by atoms with E-state index in [-0.39, 0.29) is 5.82 Å². The van der Waals surface area contributed by atoms with E-state index in [1.165, 1.54) is 17.4 Å². The number of benzene rings is 2. The Hall–Kier alpha value is -2.20. The van der Waals surface area contributed by atoms with Crippen LogP contribution in [0.15, 0.2) is 47.8 Å². The van der Waals surface area contributed by atoms with Crippen LogP contribution in [0.2, 0.25) is 0 Å². The van der Waals surface area contributed by atoms with Crippen LogP contribution in [0.3, 0.4) is 0 Å². The fourth-order valence-corrected chi connectivity index (χ4v) is 2.89. The Bertz CT molecular complexity index is 765. The molecule has 0 saturated heterocycles. The number of thiazole rings is 1. The molecule has 0 bridgehead atoms. The zero-order valence-electron chi connectivity index (χ0n) is 10.9. The van der Waals surface area contributed by atoms with Crippen LogP contribution in [0, 0.1) is 12.7 Å². The Kier molecular flexibility index (Phi) is 3.24. The van der Waals surface area contributed by atoms with Crippen molar-refractivity contribution in [2.75, 3.05) is 5.73 Å². The third-order valence-electron chi connectivity index (χ3n) is 3.09. The maximum atomic E-state index is 13.9. The number of para-hydroxylation sites is 1. The maximum absolute atomic E-state index is 13.9. The quantitative estimate of drug-likeness (QED) is 0.703. The minimum absolute atomic E-state index is 0.252. The Morgan fingerprint density at radius 1 is 1.10 bits per heavy atom. The molecule has 2 nitrogen and oxygen atoms in total. The number of rotatable bonds is 2. The standard InChI is InChI=1S/C16H13FN2S/c1-10-6-7-13(17)12(8-10)16-19-15(9-20-16)11-4-2-3-5-14(11)18/h2-9H,18H2,1H3. The number of hydrogen-bond donors (Lipinski definition) is 1. The molecule has 3 rings (SSSR count). The van der Waals surface area contributed by atoms with E-state index in [9.17, 15) is 4.39 Å². The third kappa shape index (κ3) is 2.30. The van der Waals surface area contributed by atoms with Crippen molar-refractivity contribution in [3.63, 3.8) is 0 Å². The van der Waals surface area contributed by atoms with Gasteiger partial charge in [-0.25, -0.2) is 9.37 Å². The zero-order valence-corrected chi connectivity index (χ0v) is 11.7. The third-order valence-corrected chi connectivity index (χ3v) is 3.97. The number of nitrogens with two attached hydrogens (primary N) is 1. The summed E-state index contributed by atoms with van der Waals surface area (Å²) < 4.78 is 13.9. The van der Waals surface area contributed by atoms with Crippen molar-refractivity contribution >= 4 is 17.0 Å². The molecule has 0 aliphatic rings. The fraction of sp³-hybridized carbons (Fsp3) is 0.0625. The molecule has 0 amide bonds. The van der Waals surface area contributed by atoms with E-state index >= 15 is 0 Å². The normalized spacial score (nSPS) is 10.7. The van der Waals surface area contributed by atoms with Crippen LogP contribution in [0.4, 0.5) is 10.1 Å². The van der Waals surface area contributed by atoms with Gasteiger partial charge in [-0.05, 0) is 25.1 Å². The van der Waals surface area contributed by atoms with Crippen LogP contribution in [0.1, 0.15) is 5.56 Å². The molecule has 2 aromatic carbocycles. The van der Waals surface area contributed by atoms with Crippen LogP contribution in [-0.4, -0.2) is 4.98 Å². The Morgan fingerprint density at radius 2 is 1.90 bits per heavy atom. The van der Waals surface area contributed by atoms with Crippen molar-refractivity contribution in [1.29, 1.82) is 0 Å². The van der Waals surface area contributed by atoms with Crippen LogP contribution in [0.5, 0.6) is 0 Å². The molecule has 0 radical (unpaired) electrons. The fourth-order valence-electron chi connectivity index (χ4n) is 2.05. The summed E-state index contributed by atoms with van der Waals surface area (Å²) in [5, 5.41) is 2.58.